The van der Waals surface area contributed by atoms with Crippen LogP contribution in [0.1, 0.15) is 42.9 Å². The minimum atomic E-state index is -0.0600. The Morgan fingerprint density at radius 2 is 2.26 bits per heavy atom. The molecular weight excluding hydrogens is 258 g/mol. The molecular formula is C14H21N3OS. The molecule has 5 heteroatoms. The van der Waals surface area contributed by atoms with Crippen molar-refractivity contribution in [3.63, 3.8) is 0 Å². The molecule has 2 N–H and O–H groups in total. The Hall–Kier alpha value is -1.33. The number of aromatic nitrogens is 2. The summed E-state index contributed by atoms with van der Waals surface area (Å²) in [5.41, 5.74) is 7.28. The summed E-state index contributed by atoms with van der Waals surface area (Å²) >= 11 is 1.63. The molecule has 0 amide bonds. The molecule has 0 bridgehead atoms. The maximum absolute atomic E-state index is 6.25. The lowest BCUT2D eigenvalue weighted by molar-refractivity contribution is 0.408. The van der Waals surface area contributed by atoms with E-state index in [1.165, 1.54) is 0 Å². The summed E-state index contributed by atoms with van der Waals surface area (Å²) in [5.74, 6) is 0.874. The maximum Gasteiger partial charge on any atom is 0.134 e. The highest BCUT2D eigenvalue weighted by atomic mass is 32.1. The van der Waals surface area contributed by atoms with Crippen LogP contribution in [0.15, 0.2) is 23.7 Å². The van der Waals surface area contributed by atoms with Crippen LogP contribution in [0.4, 0.5) is 0 Å². The average Bonchev–Trinajstić information content (AvgIpc) is 3.05. The molecule has 2 atom stereocenters. The lowest BCUT2D eigenvalue weighted by Gasteiger charge is -2.11. The number of thiophene rings is 1. The number of hydrogen-bond acceptors (Lipinski definition) is 4. The summed E-state index contributed by atoms with van der Waals surface area (Å²) in [5, 5.41) is 6.59. The average molecular weight is 279 g/mol. The van der Waals surface area contributed by atoms with Gasteiger partial charge in [0, 0.05) is 24.7 Å². The lowest BCUT2D eigenvalue weighted by Crippen LogP contribution is -2.14. The first-order chi connectivity index (χ1) is 9.15. The summed E-state index contributed by atoms with van der Waals surface area (Å²) in [7, 11) is 1.68. The summed E-state index contributed by atoms with van der Waals surface area (Å²) in [6, 6.07) is 4.38. The largest absolute Gasteiger partial charge is 0.496 e. The van der Waals surface area contributed by atoms with Crippen LogP contribution in [-0.4, -0.2) is 16.9 Å². The van der Waals surface area contributed by atoms with E-state index >= 15 is 0 Å². The number of nitrogens with zero attached hydrogens (tertiary/aromatic N) is 2. The van der Waals surface area contributed by atoms with E-state index in [0.717, 1.165) is 29.2 Å². The van der Waals surface area contributed by atoms with Crippen LogP contribution in [0.2, 0.25) is 0 Å². The molecule has 2 rings (SSSR count). The molecule has 0 spiro atoms. The molecule has 0 radical (unpaired) electrons. The fraction of sp³-hybridized carbons (Fsp3) is 0.500. The van der Waals surface area contributed by atoms with E-state index in [-0.39, 0.29) is 6.04 Å². The highest BCUT2D eigenvalue weighted by Gasteiger charge is 2.15. The molecule has 0 aliphatic heterocycles. The van der Waals surface area contributed by atoms with Crippen molar-refractivity contribution < 1.29 is 4.74 Å². The van der Waals surface area contributed by atoms with Crippen LogP contribution in [0.3, 0.4) is 0 Å². The van der Waals surface area contributed by atoms with Gasteiger partial charge in [-0.15, -0.1) is 11.3 Å². The molecule has 19 heavy (non-hydrogen) atoms. The van der Waals surface area contributed by atoms with Crippen molar-refractivity contribution in [3.05, 3.63) is 34.3 Å². The predicted octanol–water partition coefficient (Wildman–Crippen LogP) is 3.17. The first kappa shape index (κ1) is 14.1. The van der Waals surface area contributed by atoms with E-state index in [0.29, 0.717) is 6.04 Å². The standard InChI is InChI=1S/C14H21N3OS/c1-4-10(2)17-7-5-11(16-17)9-12(15)14-13(18-3)6-8-19-14/h5-8,10,12H,4,9,15H2,1-3H3. The molecule has 0 aliphatic carbocycles. The van der Waals surface area contributed by atoms with Gasteiger partial charge >= 0.3 is 0 Å². The van der Waals surface area contributed by atoms with Crippen LogP contribution in [0.5, 0.6) is 5.75 Å². The fourth-order valence-corrected chi connectivity index (χ4v) is 2.85. The first-order valence-electron chi connectivity index (χ1n) is 6.56. The van der Waals surface area contributed by atoms with Crippen LogP contribution in [0, 0.1) is 0 Å². The Bertz CT molecular complexity index is 520. The highest BCUT2D eigenvalue weighted by molar-refractivity contribution is 7.10. The topological polar surface area (TPSA) is 53.1 Å². The van der Waals surface area contributed by atoms with Crippen LogP contribution in [0.25, 0.3) is 0 Å². The monoisotopic (exact) mass is 279 g/mol. The molecule has 0 fully saturated rings. The third kappa shape index (κ3) is 3.16. The fourth-order valence-electron chi connectivity index (χ4n) is 1.98. The summed E-state index contributed by atoms with van der Waals surface area (Å²) < 4.78 is 7.32. The van der Waals surface area contributed by atoms with Crippen molar-refractivity contribution >= 4 is 11.3 Å². The SMILES string of the molecule is CCC(C)n1ccc(CC(N)c2sccc2OC)n1. The molecule has 104 valence electrons. The van der Waals surface area contributed by atoms with Gasteiger partial charge in [-0.3, -0.25) is 4.68 Å². The highest BCUT2D eigenvalue weighted by Crippen LogP contribution is 2.31. The lowest BCUT2D eigenvalue weighted by atomic mass is 10.1. The maximum atomic E-state index is 6.25. The van der Waals surface area contributed by atoms with E-state index in [9.17, 15) is 0 Å². The van der Waals surface area contributed by atoms with Gasteiger partial charge in [0.15, 0.2) is 0 Å². The van der Waals surface area contributed by atoms with Crippen molar-refractivity contribution in [2.75, 3.05) is 7.11 Å². The van der Waals surface area contributed by atoms with E-state index in [4.69, 9.17) is 10.5 Å². The number of hydrogen-bond donors (Lipinski definition) is 1. The van der Waals surface area contributed by atoms with E-state index in [1.807, 2.05) is 28.4 Å². The molecule has 0 saturated heterocycles. The smallest absolute Gasteiger partial charge is 0.134 e. The number of methoxy groups -OCH3 is 1. The van der Waals surface area contributed by atoms with Gasteiger partial charge in [-0.05, 0) is 30.9 Å². The Morgan fingerprint density at radius 1 is 1.47 bits per heavy atom. The van der Waals surface area contributed by atoms with Gasteiger partial charge in [0.1, 0.15) is 5.75 Å². The first-order valence-corrected chi connectivity index (χ1v) is 7.44. The minimum absolute atomic E-state index is 0.0600. The number of rotatable bonds is 6. The Balaban J connectivity index is 2.06. The number of ether oxygens (including phenoxy) is 1. The summed E-state index contributed by atoms with van der Waals surface area (Å²) in [4.78, 5) is 1.08. The van der Waals surface area contributed by atoms with Gasteiger partial charge in [0.05, 0.1) is 17.7 Å². The third-order valence-electron chi connectivity index (χ3n) is 3.35. The van der Waals surface area contributed by atoms with Gasteiger partial charge < -0.3 is 10.5 Å². The summed E-state index contributed by atoms with van der Waals surface area (Å²) in [6.45, 7) is 4.33. The second kappa shape index (κ2) is 6.21. The van der Waals surface area contributed by atoms with Crippen molar-refractivity contribution in [1.82, 2.24) is 9.78 Å². The normalized spacial score (nSPS) is 14.3. The van der Waals surface area contributed by atoms with Crippen molar-refractivity contribution in [3.8, 4) is 5.75 Å². The van der Waals surface area contributed by atoms with Crippen LogP contribution in [-0.2, 0) is 6.42 Å². The van der Waals surface area contributed by atoms with E-state index in [2.05, 4.69) is 18.9 Å². The second-order valence-corrected chi connectivity index (χ2v) is 5.66. The molecule has 2 unspecified atom stereocenters. The molecule has 2 aromatic heterocycles. The minimum Gasteiger partial charge on any atom is -0.496 e. The van der Waals surface area contributed by atoms with E-state index in [1.54, 1.807) is 18.4 Å². The quantitative estimate of drug-likeness (QED) is 0.883. The predicted molar refractivity (Wildman–Crippen MR) is 78.7 cm³/mol. The molecule has 0 aromatic carbocycles. The van der Waals surface area contributed by atoms with Crippen molar-refractivity contribution in [2.24, 2.45) is 5.73 Å². The second-order valence-electron chi connectivity index (χ2n) is 4.71. The van der Waals surface area contributed by atoms with Gasteiger partial charge in [-0.1, -0.05) is 6.92 Å². The van der Waals surface area contributed by atoms with Gasteiger partial charge in [-0.2, -0.15) is 5.10 Å². The van der Waals surface area contributed by atoms with Gasteiger partial charge in [0.25, 0.3) is 0 Å². The van der Waals surface area contributed by atoms with Crippen LogP contribution >= 0.6 is 11.3 Å². The Kier molecular flexibility index (Phi) is 4.61. The molecule has 2 heterocycles. The van der Waals surface area contributed by atoms with Crippen molar-refractivity contribution in [1.29, 1.82) is 0 Å². The van der Waals surface area contributed by atoms with Gasteiger partial charge in [-0.25, -0.2) is 0 Å². The zero-order valence-corrected chi connectivity index (χ0v) is 12.5. The molecule has 0 saturated carbocycles. The van der Waals surface area contributed by atoms with Crippen LogP contribution < -0.4 is 10.5 Å². The Labute approximate surface area is 118 Å². The van der Waals surface area contributed by atoms with Gasteiger partial charge in [0.2, 0.25) is 0 Å². The third-order valence-corrected chi connectivity index (χ3v) is 4.38. The summed E-state index contributed by atoms with van der Waals surface area (Å²) in [6.07, 6.45) is 3.84. The van der Waals surface area contributed by atoms with Crippen molar-refractivity contribution in [2.45, 2.75) is 38.8 Å². The van der Waals surface area contributed by atoms with E-state index < -0.39 is 0 Å². The molecule has 2 aromatic rings. The molecule has 4 nitrogen and oxygen atoms in total. The number of nitrogens with two attached hydrogens (primary N) is 1. The zero-order chi connectivity index (χ0) is 13.8. The zero-order valence-electron chi connectivity index (χ0n) is 11.7. The Morgan fingerprint density at radius 3 is 2.95 bits per heavy atom. The molecule has 0 aliphatic rings.